The molecule has 5 atom stereocenters. The third-order valence-corrected chi connectivity index (χ3v) is 6.50. The molecule has 0 aliphatic carbocycles. The number of nitrogens with one attached hydrogen (secondary N) is 1. The molecule has 8 nitrogen and oxygen atoms in total. The molecule has 25 heavy (non-hydrogen) atoms. The van der Waals surface area contributed by atoms with Crippen molar-refractivity contribution >= 4 is 28.6 Å². The number of carboxylic acids is 2. The Morgan fingerprint density at radius 3 is 2.52 bits per heavy atom. The first-order valence-electron chi connectivity index (χ1n) is 8.63. The highest BCUT2D eigenvalue weighted by Crippen LogP contribution is 2.29. The van der Waals surface area contributed by atoms with E-state index in [1.807, 2.05) is 13.8 Å². The second kappa shape index (κ2) is 8.27. The highest BCUT2D eigenvalue weighted by atomic mass is 32.2. The second-order valence-corrected chi connectivity index (χ2v) is 8.75. The molecular formula is C16H26N2O6S. The Morgan fingerprint density at radius 1 is 1.28 bits per heavy atom. The fourth-order valence-electron chi connectivity index (χ4n) is 3.41. The van der Waals surface area contributed by atoms with Gasteiger partial charge in [-0.3, -0.25) is 19.1 Å². The Labute approximate surface area is 149 Å². The van der Waals surface area contributed by atoms with Gasteiger partial charge in [-0.15, -0.1) is 0 Å². The number of fused-ring (bicyclic) bond motifs is 1. The SMILES string of the molecule is CC(C)CCC(N[C@@H]1CCC[C@H]2N(C1=O)[C@@H](C(=O)O)C[S@@]2=O)C(=O)O. The average molecular weight is 374 g/mol. The summed E-state index contributed by atoms with van der Waals surface area (Å²) in [5, 5.41) is 21.1. The molecule has 3 N–H and O–H groups in total. The van der Waals surface area contributed by atoms with Crippen LogP contribution in [0, 0.1) is 5.92 Å². The van der Waals surface area contributed by atoms with Gasteiger partial charge in [-0.2, -0.15) is 0 Å². The summed E-state index contributed by atoms with van der Waals surface area (Å²) in [6, 6.07) is -2.71. The number of carbonyl (C=O) groups excluding carboxylic acids is 1. The van der Waals surface area contributed by atoms with Crippen molar-refractivity contribution in [3.63, 3.8) is 0 Å². The largest absolute Gasteiger partial charge is 0.480 e. The molecule has 2 aliphatic heterocycles. The summed E-state index contributed by atoms with van der Waals surface area (Å²) >= 11 is 0. The van der Waals surface area contributed by atoms with Gasteiger partial charge in [-0.1, -0.05) is 13.8 Å². The Kier molecular flexibility index (Phi) is 6.56. The monoisotopic (exact) mass is 374 g/mol. The van der Waals surface area contributed by atoms with E-state index in [2.05, 4.69) is 5.32 Å². The van der Waals surface area contributed by atoms with E-state index in [4.69, 9.17) is 0 Å². The van der Waals surface area contributed by atoms with E-state index < -0.39 is 52.1 Å². The summed E-state index contributed by atoms with van der Waals surface area (Å²) in [6.07, 6.45) is 2.59. The smallest absolute Gasteiger partial charge is 0.327 e. The Hall–Kier alpha value is -1.48. The summed E-state index contributed by atoms with van der Waals surface area (Å²) in [4.78, 5) is 37.0. The van der Waals surface area contributed by atoms with Crippen LogP contribution in [0.5, 0.6) is 0 Å². The maximum absolute atomic E-state index is 12.9. The van der Waals surface area contributed by atoms with Crippen LogP contribution in [-0.2, 0) is 25.2 Å². The topological polar surface area (TPSA) is 124 Å². The summed E-state index contributed by atoms with van der Waals surface area (Å²) in [6.45, 7) is 3.99. The molecule has 0 radical (unpaired) electrons. The van der Waals surface area contributed by atoms with Crippen molar-refractivity contribution in [1.29, 1.82) is 0 Å². The first-order chi connectivity index (χ1) is 11.7. The zero-order valence-corrected chi connectivity index (χ0v) is 15.3. The number of carbonyl (C=O) groups is 3. The molecular weight excluding hydrogens is 348 g/mol. The van der Waals surface area contributed by atoms with Crippen LogP contribution in [0.25, 0.3) is 0 Å². The van der Waals surface area contributed by atoms with Gasteiger partial charge in [0, 0.05) is 10.8 Å². The van der Waals surface area contributed by atoms with Crippen LogP contribution in [0.15, 0.2) is 0 Å². The van der Waals surface area contributed by atoms with Crippen molar-refractivity contribution in [3.8, 4) is 0 Å². The average Bonchev–Trinajstić information content (AvgIpc) is 2.76. The number of carboxylic acid groups (broad SMARTS) is 2. The van der Waals surface area contributed by atoms with E-state index >= 15 is 0 Å². The lowest BCUT2D eigenvalue weighted by molar-refractivity contribution is -0.150. The minimum Gasteiger partial charge on any atom is -0.480 e. The molecule has 0 saturated carbocycles. The minimum atomic E-state index is -1.39. The lowest BCUT2D eigenvalue weighted by atomic mass is 10.0. The van der Waals surface area contributed by atoms with E-state index in [1.54, 1.807) is 0 Å². The normalized spacial score (nSPS) is 30.8. The molecule has 0 aromatic carbocycles. The molecule has 2 aliphatic rings. The Bertz CT molecular complexity index is 567. The summed E-state index contributed by atoms with van der Waals surface area (Å²) in [7, 11) is -1.39. The van der Waals surface area contributed by atoms with E-state index in [0.717, 1.165) is 0 Å². The van der Waals surface area contributed by atoms with Crippen molar-refractivity contribution in [2.45, 2.75) is 69.5 Å². The first kappa shape index (κ1) is 19.8. The molecule has 9 heteroatoms. The van der Waals surface area contributed by atoms with E-state index in [1.165, 1.54) is 4.90 Å². The third kappa shape index (κ3) is 4.58. The number of hydrogen-bond donors (Lipinski definition) is 3. The minimum absolute atomic E-state index is 0.0613. The number of hydrogen-bond acceptors (Lipinski definition) is 5. The van der Waals surface area contributed by atoms with Crippen molar-refractivity contribution < 1.29 is 28.8 Å². The predicted octanol–water partition coefficient (Wildman–Crippen LogP) is 0.388. The first-order valence-corrected chi connectivity index (χ1v) is 10.0. The van der Waals surface area contributed by atoms with Gasteiger partial charge in [0.05, 0.1) is 11.8 Å². The van der Waals surface area contributed by atoms with Crippen molar-refractivity contribution in [3.05, 3.63) is 0 Å². The molecule has 2 saturated heterocycles. The van der Waals surface area contributed by atoms with Gasteiger partial charge in [-0.25, -0.2) is 4.79 Å². The van der Waals surface area contributed by atoms with E-state index in [0.29, 0.717) is 38.0 Å². The standard InChI is InChI=1S/C16H26N2O6S/c1-9(2)6-7-11(15(20)21)17-10-4-3-5-13-18(14(10)19)12(16(22)23)8-25(13)24/h9-13,17H,3-8H2,1-2H3,(H,20,21)(H,22,23)/t10-,11?,12-,13+,25+/m1/s1. The lowest BCUT2D eigenvalue weighted by Crippen LogP contribution is -2.55. The number of nitrogens with zero attached hydrogens (tertiary/aromatic N) is 1. The van der Waals surface area contributed by atoms with Gasteiger partial charge >= 0.3 is 11.9 Å². The summed E-state index contributed by atoms with van der Waals surface area (Å²) in [5.41, 5.74) is 0. The van der Waals surface area contributed by atoms with Crippen LogP contribution >= 0.6 is 0 Å². The molecule has 2 heterocycles. The molecule has 0 bridgehead atoms. The van der Waals surface area contributed by atoms with Gasteiger partial charge in [0.25, 0.3) is 0 Å². The fourth-order valence-corrected chi connectivity index (χ4v) is 5.18. The lowest BCUT2D eigenvalue weighted by Gasteiger charge is -2.29. The van der Waals surface area contributed by atoms with Crippen molar-refractivity contribution in [2.75, 3.05) is 5.75 Å². The van der Waals surface area contributed by atoms with Crippen LogP contribution in [0.1, 0.15) is 46.0 Å². The number of aliphatic carboxylic acids is 2. The maximum Gasteiger partial charge on any atom is 0.327 e. The van der Waals surface area contributed by atoms with Gasteiger partial charge in [0.15, 0.2) is 0 Å². The van der Waals surface area contributed by atoms with E-state index in [-0.39, 0.29) is 5.75 Å². The van der Waals surface area contributed by atoms with Crippen LogP contribution < -0.4 is 5.32 Å². The van der Waals surface area contributed by atoms with E-state index in [9.17, 15) is 28.8 Å². The third-order valence-electron chi connectivity index (χ3n) is 4.79. The molecule has 1 unspecified atom stereocenters. The summed E-state index contributed by atoms with van der Waals surface area (Å²) < 4.78 is 12.2. The van der Waals surface area contributed by atoms with Crippen molar-refractivity contribution in [2.24, 2.45) is 5.92 Å². The molecule has 0 aromatic rings. The van der Waals surface area contributed by atoms with Crippen molar-refractivity contribution in [1.82, 2.24) is 10.2 Å². The Balaban J connectivity index is 2.15. The van der Waals surface area contributed by atoms with Gasteiger partial charge < -0.3 is 15.1 Å². The van der Waals surface area contributed by atoms with Crippen LogP contribution in [0.4, 0.5) is 0 Å². The van der Waals surface area contributed by atoms with Crippen LogP contribution in [-0.4, -0.2) is 66.4 Å². The fraction of sp³-hybridized carbons (Fsp3) is 0.812. The van der Waals surface area contributed by atoms with Crippen LogP contribution in [0.2, 0.25) is 0 Å². The predicted molar refractivity (Wildman–Crippen MR) is 91.3 cm³/mol. The highest BCUT2D eigenvalue weighted by Gasteiger charge is 2.48. The molecule has 1 amide bonds. The zero-order valence-electron chi connectivity index (χ0n) is 14.5. The van der Waals surface area contributed by atoms with Gasteiger partial charge in [0.2, 0.25) is 5.91 Å². The second-order valence-electron chi connectivity index (χ2n) is 7.11. The van der Waals surface area contributed by atoms with Gasteiger partial charge in [0.1, 0.15) is 17.5 Å². The molecule has 2 rings (SSSR count). The summed E-state index contributed by atoms with van der Waals surface area (Å²) in [5.74, 6) is -2.35. The number of amides is 1. The molecule has 2 fully saturated rings. The maximum atomic E-state index is 12.9. The molecule has 0 aromatic heterocycles. The van der Waals surface area contributed by atoms with Gasteiger partial charge in [-0.05, 0) is 38.0 Å². The highest BCUT2D eigenvalue weighted by molar-refractivity contribution is 7.86. The van der Waals surface area contributed by atoms with Crippen LogP contribution in [0.3, 0.4) is 0 Å². The molecule has 0 spiro atoms. The number of rotatable bonds is 7. The molecule has 142 valence electrons. The quantitative estimate of drug-likeness (QED) is 0.589. The Morgan fingerprint density at radius 2 is 1.96 bits per heavy atom. The zero-order chi connectivity index (χ0) is 18.7.